The molecule has 2 heterocycles. The fourth-order valence-electron chi connectivity index (χ4n) is 3.35. The summed E-state index contributed by atoms with van der Waals surface area (Å²) in [5.74, 6) is -2.14. The van der Waals surface area contributed by atoms with Crippen molar-refractivity contribution in [2.24, 2.45) is 0 Å². The van der Waals surface area contributed by atoms with Gasteiger partial charge in [-0.15, -0.1) is 11.3 Å². The van der Waals surface area contributed by atoms with Crippen molar-refractivity contribution in [2.75, 3.05) is 6.61 Å². The van der Waals surface area contributed by atoms with Crippen LogP contribution in [-0.2, 0) is 39.9 Å². The highest BCUT2D eigenvalue weighted by Crippen LogP contribution is 2.31. The predicted molar refractivity (Wildman–Crippen MR) is 119 cm³/mol. The van der Waals surface area contributed by atoms with Crippen LogP contribution in [0.4, 0.5) is 0 Å². The normalized spacial score (nSPS) is 21.7. The second kappa shape index (κ2) is 11.6. The Kier molecular flexibility index (Phi) is 8.61. The lowest BCUT2D eigenvalue weighted by Gasteiger charge is -2.40. The molecule has 4 unspecified atom stereocenters. The summed E-state index contributed by atoms with van der Waals surface area (Å²) in [5, 5.41) is 4.49. The summed E-state index contributed by atoms with van der Waals surface area (Å²) in [6, 6.07) is 11.0. The van der Waals surface area contributed by atoms with E-state index in [2.05, 4.69) is 5.32 Å². The zero-order chi connectivity index (χ0) is 24.7. The summed E-state index contributed by atoms with van der Waals surface area (Å²) >= 11 is 1.16. The molecule has 3 rings (SSSR count). The Balaban J connectivity index is 1.77. The van der Waals surface area contributed by atoms with Crippen LogP contribution in [0.5, 0.6) is 5.75 Å². The van der Waals surface area contributed by atoms with E-state index < -0.39 is 42.5 Å². The number of rotatable bonds is 8. The maximum absolute atomic E-state index is 12.8. The van der Waals surface area contributed by atoms with Crippen molar-refractivity contribution in [1.29, 1.82) is 0 Å². The smallest absolute Gasteiger partial charge is 0.303 e. The van der Waals surface area contributed by atoms with Gasteiger partial charge in [0.15, 0.2) is 12.2 Å². The highest BCUT2D eigenvalue weighted by molar-refractivity contribution is 7.12. The van der Waals surface area contributed by atoms with Crippen molar-refractivity contribution in [2.45, 2.75) is 51.9 Å². The number of nitrogens with one attached hydrogen (secondary N) is 1. The zero-order valence-electron chi connectivity index (χ0n) is 18.8. The third-order valence-corrected chi connectivity index (χ3v) is 5.57. The molecule has 2 aromatic rings. The molecule has 1 saturated heterocycles. The molecule has 1 fully saturated rings. The molecule has 10 nitrogen and oxygen atoms in total. The second-order valence-corrected chi connectivity index (χ2v) is 8.31. The van der Waals surface area contributed by atoms with Crippen LogP contribution in [0.1, 0.15) is 36.0 Å². The van der Waals surface area contributed by atoms with Crippen LogP contribution in [0.25, 0.3) is 0 Å². The first-order valence-electron chi connectivity index (χ1n) is 10.4. The van der Waals surface area contributed by atoms with Crippen LogP contribution in [0, 0.1) is 0 Å². The first-order valence-corrected chi connectivity index (χ1v) is 11.3. The van der Waals surface area contributed by atoms with Crippen LogP contribution >= 0.6 is 11.3 Å². The molecule has 1 aliphatic heterocycles. The molecule has 0 saturated carbocycles. The third-order valence-electron chi connectivity index (χ3n) is 4.68. The Hall–Kier alpha value is -3.44. The van der Waals surface area contributed by atoms with Crippen molar-refractivity contribution in [3.8, 4) is 5.75 Å². The van der Waals surface area contributed by atoms with Gasteiger partial charge < -0.3 is 29.0 Å². The lowest BCUT2D eigenvalue weighted by atomic mass is 10.0. The van der Waals surface area contributed by atoms with Gasteiger partial charge in [0.2, 0.25) is 12.4 Å². The lowest BCUT2D eigenvalue weighted by molar-refractivity contribution is -0.259. The van der Waals surface area contributed by atoms with Crippen molar-refractivity contribution in [1.82, 2.24) is 5.32 Å². The summed E-state index contributed by atoms with van der Waals surface area (Å²) in [6.45, 7) is 3.69. The standard InChI is InChI=1S/C23H25NO9S/c1-13(25)30-18-12-29-23(20(32-15(3)27)19(18)31-14(2)26)33-17-9-10-34-21(17)22(28)24-11-16-7-5-4-6-8-16/h4-10,18-20,23H,11-12H2,1-3H3,(H,24,28). The van der Waals surface area contributed by atoms with Gasteiger partial charge in [0, 0.05) is 27.3 Å². The summed E-state index contributed by atoms with van der Waals surface area (Å²) in [5.41, 5.74) is 0.932. The van der Waals surface area contributed by atoms with Crippen molar-refractivity contribution in [3.63, 3.8) is 0 Å². The Labute approximate surface area is 200 Å². The number of carbonyl (C=O) groups is 4. The first-order chi connectivity index (χ1) is 16.2. The predicted octanol–water partition coefficient (Wildman–Crippen LogP) is 2.21. The molecule has 0 spiro atoms. The molecule has 182 valence electrons. The molecule has 1 aromatic heterocycles. The first kappa shape index (κ1) is 25.2. The summed E-state index contributed by atoms with van der Waals surface area (Å²) in [4.78, 5) is 48.0. The van der Waals surface area contributed by atoms with Crippen molar-refractivity contribution in [3.05, 3.63) is 52.2 Å². The van der Waals surface area contributed by atoms with Gasteiger partial charge in [0.1, 0.15) is 10.6 Å². The highest BCUT2D eigenvalue weighted by atomic mass is 32.1. The number of esters is 3. The third kappa shape index (κ3) is 6.78. The van der Waals surface area contributed by atoms with E-state index in [4.69, 9.17) is 23.7 Å². The second-order valence-electron chi connectivity index (χ2n) is 7.40. The molecule has 1 aromatic carbocycles. The van der Waals surface area contributed by atoms with Gasteiger partial charge >= 0.3 is 17.9 Å². The van der Waals surface area contributed by atoms with Crippen LogP contribution in [0.15, 0.2) is 41.8 Å². The number of hydrogen-bond donors (Lipinski definition) is 1. The highest BCUT2D eigenvalue weighted by Gasteiger charge is 2.48. The zero-order valence-corrected chi connectivity index (χ0v) is 19.7. The number of carbonyl (C=O) groups excluding carboxylic acids is 4. The Morgan fingerprint density at radius 1 is 0.941 bits per heavy atom. The molecular weight excluding hydrogens is 466 g/mol. The van der Waals surface area contributed by atoms with E-state index in [1.807, 2.05) is 30.3 Å². The molecule has 0 bridgehead atoms. The topological polar surface area (TPSA) is 126 Å². The monoisotopic (exact) mass is 491 g/mol. The largest absolute Gasteiger partial charge is 0.459 e. The molecule has 11 heteroatoms. The van der Waals surface area contributed by atoms with Gasteiger partial charge in [-0.05, 0) is 17.0 Å². The van der Waals surface area contributed by atoms with Gasteiger partial charge in [-0.1, -0.05) is 30.3 Å². The van der Waals surface area contributed by atoms with E-state index in [0.717, 1.165) is 16.9 Å². The van der Waals surface area contributed by atoms with E-state index in [9.17, 15) is 19.2 Å². The lowest BCUT2D eigenvalue weighted by Crippen LogP contribution is -2.59. The Morgan fingerprint density at radius 3 is 2.24 bits per heavy atom. The van der Waals surface area contributed by atoms with Crippen LogP contribution in [0.3, 0.4) is 0 Å². The quantitative estimate of drug-likeness (QED) is 0.437. The van der Waals surface area contributed by atoms with E-state index in [0.29, 0.717) is 6.54 Å². The molecular formula is C23H25NO9S. The Morgan fingerprint density at radius 2 is 1.59 bits per heavy atom. The summed E-state index contributed by atoms with van der Waals surface area (Å²) < 4.78 is 27.4. The molecule has 34 heavy (non-hydrogen) atoms. The van der Waals surface area contributed by atoms with Crippen molar-refractivity contribution >= 4 is 35.2 Å². The van der Waals surface area contributed by atoms with E-state index >= 15 is 0 Å². The fourth-order valence-corrected chi connectivity index (χ4v) is 4.09. The van der Waals surface area contributed by atoms with Crippen molar-refractivity contribution < 1.29 is 42.9 Å². The van der Waals surface area contributed by atoms with Gasteiger partial charge in [-0.2, -0.15) is 0 Å². The van der Waals surface area contributed by atoms with Gasteiger partial charge in [-0.25, -0.2) is 0 Å². The SMILES string of the molecule is CC(=O)OC1COC(Oc2ccsc2C(=O)NCc2ccccc2)C(OC(C)=O)C1OC(C)=O. The number of amides is 1. The average Bonchev–Trinajstić information content (AvgIpc) is 3.24. The number of thiophene rings is 1. The molecule has 4 atom stereocenters. The molecule has 1 aliphatic rings. The Bertz CT molecular complexity index is 1020. The number of benzene rings is 1. The van der Waals surface area contributed by atoms with Crippen LogP contribution in [0.2, 0.25) is 0 Å². The summed E-state index contributed by atoms with van der Waals surface area (Å²) in [7, 11) is 0. The minimum Gasteiger partial charge on any atom is -0.459 e. The average molecular weight is 492 g/mol. The molecule has 1 amide bonds. The van der Waals surface area contributed by atoms with E-state index in [1.165, 1.54) is 20.8 Å². The molecule has 1 N–H and O–H groups in total. The van der Waals surface area contributed by atoms with Crippen LogP contribution < -0.4 is 10.1 Å². The van der Waals surface area contributed by atoms with E-state index in [1.54, 1.807) is 11.4 Å². The summed E-state index contributed by atoms with van der Waals surface area (Å²) in [6.07, 6.45) is -4.66. The van der Waals surface area contributed by atoms with Gasteiger partial charge in [-0.3, -0.25) is 19.2 Å². The number of hydrogen-bond acceptors (Lipinski definition) is 10. The molecule has 0 aliphatic carbocycles. The maximum atomic E-state index is 12.8. The fraction of sp³-hybridized carbons (Fsp3) is 0.391. The molecule has 0 radical (unpaired) electrons. The minimum absolute atomic E-state index is 0.181. The maximum Gasteiger partial charge on any atom is 0.303 e. The number of ether oxygens (including phenoxy) is 5. The van der Waals surface area contributed by atoms with Crippen LogP contribution in [-0.4, -0.2) is 55.0 Å². The van der Waals surface area contributed by atoms with E-state index in [-0.39, 0.29) is 23.1 Å². The minimum atomic E-state index is -1.25. The van der Waals surface area contributed by atoms with Gasteiger partial charge in [0.25, 0.3) is 5.91 Å². The van der Waals surface area contributed by atoms with Gasteiger partial charge in [0.05, 0.1) is 6.61 Å².